The van der Waals surface area contributed by atoms with Gasteiger partial charge in [-0.05, 0) is 55.2 Å². The molecule has 0 atom stereocenters. The van der Waals surface area contributed by atoms with Crippen molar-refractivity contribution in [1.29, 1.82) is 0 Å². The van der Waals surface area contributed by atoms with Gasteiger partial charge in [-0.25, -0.2) is 8.42 Å². The lowest BCUT2D eigenvalue weighted by Crippen LogP contribution is -2.38. The van der Waals surface area contributed by atoms with Crippen LogP contribution in [0.3, 0.4) is 0 Å². The van der Waals surface area contributed by atoms with Crippen molar-refractivity contribution in [2.75, 3.05) is 27.3 Å². The van der Waals surface area contributed by atoms with Gasteiger partial charge in [0.1, 0.15) is 4.90 Å². The number of sulfonamides is 1. The van der Waals surface area contributed by atoms with E-state index >= 15 is 0 Å². The molecule has 10 heteroatoms. The van der Waals surface area contributed by atoms with E-state index in [1.807, 2.05) is 0 Å². The summed E-state index contributed by atoms with van der Waals surface area (Å²) in [6.45, 7) is 3.09. The zero-order chi connectivity index (χ0) is 22.9. The minimum absolute atomic E-state index is 0.0390. The Bertz CT molecular complexity index is 1220. The molecule has 0 N–H and O–H groups in total. The van der Waals surface area contributed by atoms with Crippen LogP contribution in [0.15, 0.2) is 45.7 Å². The Morgan fingerprint density at radius 3 is 2.19 bits per heavy atom. The van der Waals surface area contributed by atoms with Crippen molar-refractivity contribution >= 4 is 21.6 Å². The predicted octanol–water partition coefficient (Wildman–Crippen LogP) is 4.49. The van der Waals surface area contributed by atoms with Gasteiger partial charge in [0.15, 0.2) is 11.5 Å². The number of rotatable bonds is 6. The lowest BCUT2D eigenvalue weighted by molar-refractivity contribution is 0.288. The fraction of sp³-hybridized carbons (Fsp3) is 0.364. The third kappa shape index (κ3) is 4.32. The molecule has 1 aromatic heterocycles. The second kappa shape index (κ2) is 9.09. The summed E-state index contributed by atoms with van der Waals surface area (Å²) in [5.41, 5.74) is 1.11. The minimum Gasteiger partial charge on any atom is -0.493 e. The molecule has 0 bridgehead atoms. The second-order valence-corrected chi connectivity index (χ2v) is 10.0. The molecule has 3 aromatic rings. The molecule has 4 rings (SSSR count). The third-order valence-corrected chi connectivity index (χ3v) is 7.97. The monoisotopic (exact) mass is 477 g/mol. The highest BCUT2D eigenvalue weighted by molar-refractivity contribution is 7.89. The normalized spacial score (nSPS) is 15.6. The topological polar surface area (TPSA) is 94.8 Å². The molecule has 2 aromatic carbocycles. The Balaban J connectivity index is 1.66. The number of methoxy groups -OCH3 is 2. The third-order valence-electron chi connectivity index (χ3n) is 5.59. The molecule has 0 unspecified atom stereocenters. The minimum atomic E-state index is -3.73. The van der Waals surface area contributed by atoms with Gasteiger partial charge in [-0.15, -0.1) is 10.2 Å². The van der Waals surface area contributed by atoms with Gasteiger partial charge in [-0.2, -0.15) is 4.31 Å². The molecule has 1 saturated heterocycles. The van der Waals surface area contributed by atoms with E-state index in [0.29, 0.717) is 41.6 Å². The quantitative estimate of drug-likeness (QED) is 0.516. The second-order valence-electron chi connectivity index (χ2n) is 7.71. The number of benzene rings is 2. The molecule has 2 heterocycles. The molecule has 1 aliphatic heterocycles. The van der Waals surface area contributed by atoms with E-state index < -0.39 is 10.0 Å². The summed E-state index contributed by atoms with van der Waals surface area (Å²) in [7, 11) is -0.632. The summed E-state index contributed by atoms with van der Waals surface area (Å²) >= 11 is 6.28. The summed E-state index contributed by atoms with van der Waals surface area (Å²) in [5.74, 6) is 2.08. The number of hydrogen-bond donors (Lipinski definition) is 0. The molecule has 8 nitrogen and oxygen atoms in total. The van der Waals surface area contributed by atoms with E-state index in [0.717, 1.165) is 12.8 Å². The first-order valence-electron chi connectivity index (χ1n) is 10.2. The molecule has 170 valence electrons. The van der Waals surface area contributed by atoms with Crippen LogP contribution in [-0.2, 0) is 10.0 Å². The van der Waals surface area contributed by atoms with Crippen LogP contribution in [0.25, 0.3) is 22.9 Å². The maximum absolute atomic E-state index is 13.2. The summed E-state index contributed by atoms with van der Waals surface area (Å²) in [6.07, 6.45) is 1.66. The van der Waals surface area contributed by atoms with E-state index in [-0.39, 0.29) is 21.7 Å². The van der Waals surface area contributed by atoms with Crippen molar-refractivity contribution in [3.63, 3.8) is 0 Å². The van der Waals surface area contributed by atoms with Crippen LogP contribution in [0, 0.1) is 5.92 Å². The fourth-order valence-electron chi connectivity index (χ4n) is 3.62. The number of nitrogens with zero attached hydrogens (tertiary/aromatic N) is 3. The molecule has 0 radical (unpaired) electrons. The predicted molar refractivity (Wildman–Crippen MR) is 120 cm³/mol. The Hall–Kier alpha value is -2.62. The number of halogens is 1. The van der Waals surface area contributed by atoms with Crippen LogP contribution in [0.5, 0.6) is 11.5 Å². The maximum Gasteiger partial charge on any atom is 0.248 e. The first-order chi connectivity index (χ1) is 15.3. The fourth-order valence-corrected chi connectivity index (χ4v) is 5.59. The Morgan fingerprint density at radius 2 is 1.56 bits per heavy atom. The zero-order valence-corrected chi connectivity index (χ0v) is 19.6. The average Bonchev–Trinajstić information content (AvgIpc) is 3.29. The van der Waals surface area contributed by atoms with Crippen LogP contribution in [-0.4, -0.2) is 50.2 Å². The standard InChI is InChI=1S/C22H24ClN3O5S/c1-14-8-10-26(11-9-14)32(27,28)20-13-16(4-6-17(20)23)22-25-24-21(31-22)15-5-7-18(29-2)19(12-15)30-3/h4-7,12-14H,8-11H2,1-3H3. The Morgan fingerprint density at radius 1 is 0.969 bits per heavy atom. The first kappa shape index (κ1) is 22.6. The molecule has 0 amide bonds. The van der Waals surface area contributed by atoms with Crippen molar-refractivity contribution in [2.24, 2.45) is 5.92 Å². The van der Waals surface area contributed by atoms with Gasteiger partial charge in [0, 0.05) is 24.2 Å². The lowest BCUT2D eigenvalue weighted by atomic mass is 10.0. The van der Waals surface area contributed by atoms with Crippen LogP contribution in [0.2, 0.25) is 5.02 Å². The van der Waals surface area contributed by atoms with Crippen LogP contribution >= 0.6 is 11.6 Å². The summed E-state index contributed by atoms with van der Waals surface area (Å²) in [6, 6.07) is 9.92. The molecule has 1 aliphatic rings. The van der Waals surface area contributed by atoms with E-state index in [1.165, 1.54) is 16.4 Å². The van der Waals surface area contributed by atoms with Gasteiger partial charge in [-0.1, -0.05) is 18.5 Å². The summed E-state index contributed by atoms with van der Waals surface area (Å²) in [5, 5.41) is 8.36. The van der Waals surface area contributed by atoms with Crippen molar-refractivity contribution in [3.8, 4) is 34.4 Å². The average molecular weight is 478 g/mol. The lowest BCUT2D eigenvalue weighted by Gasteiger charge is -2.29. The van der Waals surface area contributed by atoms with Gasteiger partial charge >= 0.3 is 0 Å². The van der Waals surface area contributed by atoms with E-state index in [2.05, 4.69) is 17.1 Å². The summed E-state index contributed by atoms with van der Waals surface area (Å²) < 4.78 is 44.3. The highest BCUT2D eigenvalue weighted by atomic mass is 35.5. The molecular formula is C22H24ClN3O5S. The molecule has 0 spiro atoms. The van der Waals surface area contributed by atoms with Crippen LogP contribution in [0.1, 0.15) is 19.8 Å². The van der Waals surface area contributed by atoms with E-state index in [9.17, 15) is 8.42 Å². The van der Waals surface area contributed by atoms with Gasteiger partial charge in [0.05, 0.1) is 19.2 Å². The number of aromatic nitrogens is 2. The molecule has 0 saturated carbocycles. The zero-order valence-electron chi connectivity index (χ0n) is 18.0. The smallest absolute Gasteiger partial charge is 0.248 e. The maximum atomic E-state index is 13.2. The highest BCUT2D eigenvalue weighted by Gasteiger charge is 2.30. The van der Waals surface area contributed by atoms with Gasteiger partial charge in [-0.3, -0.25) is 0 Å². The van der Waals surface area contributed by atoms with Crippen LogP contribution < -0.4 is 9.47 Å². The van der Waals surface area contributed by atoms with E-state index in [4.69, 9.17) is 25.5 Å². The van der Waals surface area contributed by atoms with Crippen molar-refractivity contribution in [2.45, 2.75) is 24.7 Å². The summed E-state index contributed by atoms with van der Waals surface area (Å²) in [4.78, 5) is 0.0390. The Labute approximate surface area is 192 Å². The molecular weight excluding hydrogens is 454 g/mol. The first-order valence-corrected chi connectivity index (χ1v) is 12.0. The largest absolute Gasteiger partial charge is 0.493 e. The van der Waals surface area contributed by atoms with Gasteiger partial charge in [0.25, 0.3) is 0 Å². The Kier molecular flexibility index (Phi) is 6.41. The van der Waals surface area contributed by atoms with Crippen molar-refractivity contribution in [1.82, 2.24) is 14.5 Å². The number of piperidine rings is 1. The number of ether oxygens (including phenoxy) is 2. The molecule has 0 aliphatic carbocycles. The number of hydrogen-bond acceptors (Lipinski definition) is 7. The van der Waals surface area contributed by atoms with Crippen molar-refractivity contribution in [3.05, 3.63) is 41.4 Å². The SMILES string of the molecule is COc1ccc(-c2nnc(-c3ccc(Cl)c(S(=O)(=O)N4CCC(C)CC4)c3)o2)cc1OC. The van der Waals surface area contributed by atoms with Gasteiger partial charge < -0.3 is 13.9 Å². The highest BCUT2D eigenvalue weighted by Crippen LogP contribution is 2.35. The van der Waals surface area contributed by atoms with Crippen molar-refractivity contribution < 1.29 is 22.3 Å². The molecule has 32 heavy (non-hydrogen) atoms. The van der Waals surface area contributed by atoms with Crippen LogP contribution in [0.4, 0.5) is 0 Å². The van der Waals surface area contributed by atoms with E-state index in [1.54, 1.807) is 38.5 Å². The molecule has 1 fully saturated rings. The van der Waals surface area contributed by atoms with Gasteiger partial charge in [0.2, 0.25) is 21.8 Å².